The van der Waals surface area contributed by atoms with Gasteiger partial charge in [0.05, 0.1) is 0 Å². The van der Waals surface area contributed by atoms with Gasteiger partial charge in [0.1, 0.15) is 0 Å². The second kappa shape index (κ2) is 3.56. The summed E-state index contributed by atoms with van der Waals surface area (Å²) < 4.78 is 0. The number of urea groups is 1. The van der Waals surface area contributed by atoms with Crippen LogP contribution in [0.2, 0.25) is 0 Å². The van der Waals surface area contributed by atoms with Gasteiger partial charge in [-0.1, -0.05) is 13.8 Å². The van der Waals surface area contributed by atoms with Crippen LogP contribution in [0.3, 0.4) is 0 Å². The van der Waals surface area contributed by atoms with E-state index >= 15 is 0 Å². The van der Waals surface area contributed by atoms with Crippen LogP contribution in [0.5, 0.6) is 0 Å². The Morgan fingerprint density at radius 2 is 2.15 bits per heavy atom. The van der Waals surface area contributed by atoms with Gasteiger partial charge in [-0.15, -0.1) is 0 Å². The molecule has 13 heavy (non-hydrogen) atoms. The van der Waals surface area contributed by atoms with E-state index in [-0.39, 0.29) is 6.03 Å². The van der Waals surface area contributed by atoms with Gasteiger partial charge in [0.25, 0.3) is 0 Å². The summed E-state index contributed by atoms with van der Waals surface area (Å²) in [6, 6.07) is 0.174. The molecule has 2 amide bonds. The maximum absolute atomic E-state index is 11.7. The zero-order chi connectivity index (χ0) is 10.1. The van der Waals surface area contributed by atoms with Gasteiger partial charge >= 0.3 is 6.03 Å². The topological polar surface area (TPSA) is 23.6 Å². The average molecular weight is 184 g/mol. The molecule has 0 aromatic heterocycles. The number of rotatable bonds is 1. The van der Waals surface area contributed by atoms with Crippen LogP contribution in [0.4, 0.5) is 4.79 Å². The van der Waals surface area contributed by atoms with Gasteiger partial charge in [0.15, 0.2) is 0 Å². The largest absolute Gasteiger partial charge is 0.328 e. The predicted molar refractivity (Wildman–Crippen MR) is 53.7 cm³/mol. The van der Waals surface area contributed by atoms with E-state index in [0.29, 0.717) is 5.41 Å². The van der Waals surface area contributed by atoms with Crippen molar-refractivity contribution in [1.29, 1.82) is 0 Å². The Balaban J connectivity index is 2.51. The molecule has 1 rings (SSSR count). The molecule has 1 saturated heterocycles. The Kier molecular flexibility index (Phi) is 2.84. The number of carbonyl (C=O) groups excluding carboxylic acids is 1. The summed E-state index contributed by atoms with van der Waals surface area (Å²) in [5.41, 5.74) is 0.310. The van der Waals surface area contributed by atoms with Crippen LogP contribution >= 0.6 is 0 Å². The molecule has 0 aromatic rings. The molecule has 1 aliphatic heterocycles. The fourth-order valence-corrected chi connectivity index (χ4v) is 1.65. The SMILES string of the molecule is CCN(C)C(=O)N1CCC(C)(C)C1. The van der Waals surface area contributed by atoms with Crippen molar-refractivity contribution >= 4 is 6.03 Å². The second-order valence-electron chi connectivity index (χ2n) is 4.63. The number of hydrogen-bond donors (Lipinski definition) is 0. The highest BCUT2D eigenvalue weighted by atomic mass is 16.2. The van der Waals surface area contributed by atoms with Gasteiger partial charge in [-0.25, -0.2) is 4.79 Å². The van der Waals surface area contributed by atoms with Gasteiger partial charge in [-0.2, -0.15) is 0 Å². The van der Waals surface area contributed by atoms with Crippen molar-refractivity contribution in [2.75, 3.05) is 26.7 Å². The molecular formula is C10H20N2O. The first-order valence-corrected chi connectivity index (χ1v) is 4.96. The molecule has 1 aliphatic rings. The van der Waals surface area contributed by atoms with Crippen molar-refractivity contribution < 1.29 is 4.79 Å². The fourth-order valence-electron chi connectivity index (χ4n) is 1.65. The third kappa shape index (κ3) is 2.36. The molecule has 3 nitrogen and oxygen atoms in total. The zero-order valence-corrected chi connectivity index (χ0v) is 9.13. The van der Waals surface area contributed by atoms with Crippen molar-refractivity contribution in [3.63, 3.8) is 0 Å². The molecule has 0 spiro atoms. The Labute approximate surface area is 80.7 Å². The number of carbonyl (C=O) groups is 1. The molecule has 0 radical (unpaired) electrons. The highest BCUT2D eigenvalue weighted by molar-refractivity contribution is 5.74. The lowest BCUT2D eigenvalue weighted by Gasteiger charge is -2.24. The van der Waals surface area contributed by atoms with Gasteiger partial charge in [0.2, 0.25) is 0 Å². The van der Waals surface area contributed by atoms with E-state index in [0.717, 1.165) is 26.1 Å². The molecule has 3 heteroatoms. The lowest BCUT2D eigenvalue weighted by Crippen LogP contribution is -2.40. The third-order valence-electron chi connectivity index (χ3n) is 2.75. The van der Waals surface area contributed by atoms with Gasteiger partial charge in [0, 0.05) is 26.7 Å². The molecule has 1 heterocycles. The number of hydrogen-bond acceptors (Lipinski definition) is 1. The molecule has 0 bridgehead atoms. The van der Waals surface area contributed by atoms with E-state index in [9.17, 15) is 4.79 Å². The van der Waals surface area contributed by atoms with E-state index in [1.165, 1.54) is 0 Å². The number of likely N-dealkylation sites (tertiary alicyclic amines) is 1. The molecule has 76 valence electrons. The van der Waals surface area contributed by atoms with Crippen LogP contribution in [0.1, 0.15) is 27.2 Å². The lowest BCUT2D eigenvalue weighted by atomic mass is 9.93. The van der Waals surface area contributed by atoms with Crippen molar-refractivity contribution in [3.05, 3.63) is 0 Å². The molecule has 1 fully saturated rings. The third-order valence-corrected chi connectivity index (χ3v) is 2.75. The van der Waals surface area contributed by atoms with Crippen LogP contribution in [-0.4, -0.2) is 42.5 Å². The van der Waals surface area contributed by atoms with Crippen LogP contribution in [0.25, 0.3) is 0 Å². The highest BCUT2D eigenvalue weighted by Gasteiger charge is 2.32. The fraction of sp³-hybridized carbons (Fsp3) is 0.900. The summed E-state index contributed by atoms with van der Waals surface area (Å²) in [6.45, 7) is 9.03. The zero-order valence-electron chi connectivity index (χ0n) is 9.13. The quantitative estimate of drug-likeness (QED) is 0.609. The van der Waals surface area contributed by atoms with Crippen LogP contribution < -0.4 is 0 Å². The normalized spacial score (nSPS) is 20.5. The second-order valence-corrected chi connectivity index (χ2v) is 4.63. The van der Waals surface area contributed by atoms with Crippen molar-refractivity contribution in [2.45, 2.75) is 27.2 Å². The van der Waals surface area contributed by atoms with E-state index in [1.807, 2.05) is 18.9 Å². The molecule has 0 atom stereocenters. The Morgan fingerprint density at radius 3 is 2.54 bits per heavy atom. The molecule has 0 saturated carbocycles. The van der Waals surface area contributed by atoms with Crippen molar-refractivity contribution in [1.82, 2.24) is 9.80 Å². The minimum Gasteiger partial charge on any atom is -0.328 e. The van der Waals surface area contributed by atoms with Gasteiger partial charge in [-0.05, 0) is 18.8 Å². The van der Waals surface area contributed by atoms with Crippen LogP contribution in [0, 0.1) is 5.41 Å². The molecular weight excluding hydrogens is 164 g/mol. The van der Waals surface area contributed by atoms with E-state index in [2.05, 4.69) is 13.8 Å². The standard InChI is InChI=1S/C10H20N2O/c1-5-11(4)9(13)12-7-6-10(2,3)8-12/h5-8H2,1-4H3. The number of amides is 2. The van der Waals surface area contributed by atoms with Crippen molar-refractivity contribution in [2.24, 2.45) is 5.41 Å². The Morgan fingerprint density at radius 1 is 1.54 bits per heavy atom. The van der Waals surface area contributed by atoms with E-state index in [1.54, 1.807) is 4.90 Å². The van der Waals surface area contributed by atoms with Crippen LogP contribution in [0.15, 0.2) is 0 Å². The number of nitrogens with zero attached hydrogens (tertiary/aromatic N) is 2. The first-order valence-electron chi connectivity index (χ1n) is 4.96. The average Bonchev–Trinajstić information content (AvgIpc) is 2.43. The molecule has 0 aromatic carbocycles. The summed E-state index contributed by atoms with van der Waals surface area (Å²) in [6.07, 6.45) is 1.12. The maximum Gasteiger partial charge on any atom is 0.319 e. The van der Waals surface area contributed by atoms with Crippen molar-refractivity contribution in [3.8, 4) is 0 Å². The van der Waals surface area contributed by atoms with Gasteiger partial charge in [-0.3, -0.25) is 0 Å². The minimum atomic E-state index is 0.174. The smallest absolute Gasteiger partial charge is 0.319 e. The lowest BCUT2D eigenvalue weighted by molar-refractivity contribution is 0.170. The molecule has 0 aliphatic carbocycles. The molecule has 0 unspecified atom stereocenters. The summed E-state index contributed by atoms with van der Waals surface area (Å²) >= 11 is 0. The summed E-state index contributed by atoms with van der Waals surface area (Å²) in [5.74, 6) is 0. The maximum atomic E-state index is 11.7. The monoisotopic (exact) mass is 184 g/mol. The first kappa shape index (κ1) is 10.4. The highest BCUT2D eigenvalue weighted by Crippen LogP contribution is 2.29. The summed E-state index contributed by atoms with van der Waals surface area (Å²) in [7, 11) is 1.85. The molecule has 0 N–H and O–H groups in total. The van der Waals surface area contributed by atoms with Gasteiger partial charge < -0.3 is 9.80 Å². The predicted octanol–water partition coefficient (Wildman–Crippen LogP) is 1.79. The summed E-state index contributed by atoms with van der Waals surface area (Å²) in [4.78, 5) is 15.4. The Hall–Kier alpha value is -0.730. The van der Waals surface area contributed by atoms with Crippen LogP contribution in [-0.2, 0) is 0 Å². The Bertz CT molecular complexity index is 201. The van der Waals surface area contributed by atoms with E-state index < -0.39 is 0 Å². The summed E-state index contributed by atoms with van der Waals surface area (Å²) in [5, 5.41) is 0. The van der Waals surface area contributed by atoms with E-state index in [4.69, 9.17) is 0 Å². The first-order chi connectivity index (χ1) is 5.96. The minimum absolute atomic E-state index is 0.174.